The molecule has 82 valence electrons. The van der Waals surface area contributed by atoms with Crippen molar-refractivity contribution in [2.24, 2.45) is 0 Å². The summed E-state index contributed by atoms with van der Waals surface area (Å²) in [6, 6.07) is 2.90. The highest BCUT2D eigenvalue weighted by molar-refractivity contribution is 9.10. The first-order chi connectivity index (χ1) is 7.06. The van der Waals surface area contributed by atoms with Crippen LogP contribution in [0, 0.1) is 5.82 Å². The van der Waals surface area contributed by atoms with Crippen molar-refractivity contribution in [3.8, 4) is 5.75 Å². The van der Waals surface area contributed by atoms with Crippen LogP contribution in [0.25, 0.3) is 0 Å². The van der Waals surface area contributed by atoms with Crippen LogP contribution in [0.4, 0.5) is 4.39 Å². The van der Waals surface area contributed by atoms with Crippen LogP contribution in [0.1, 0.15) is 0 Å². The zero-order chi connectivity index (χ0) is 11.4. The minimum atomic E-state index is -0.626. The van der Waals surface area contributed by atoms with E-state index in [1.807, 2.05) is 0 Å². The number of hydrogen-bond acceptors (Lipinski definition) is 3. The largest absolute Gasteiger partial charge is 0.480 e. The fourth-order valence-corrected chi connectivity index (χ4v) is 1.48. The van der Waals surface area contributed by atoms with Crippen molar-refractivity contribution in [3.05, 3.63) is 27.4 Å². The van der Waals surface area contributed by atoms with Crippen LogP contribution in [0.3, 0.4) is 0 Å². The summed E-state index contributed by atoms with van der Waals surface area (Å²) in [5.41, 5.74) is 0. The summed E-state index contributed by atoms with van der Waals surface area (Å²) in [6.45, 7) is -0.308. The monoisotopic (exact) mass is 296 g/mol. The number of ether oxygens (including phenoxy) is 2. The predicted molar refractivity (Wildman–Crippen MR) is 56.6 cm³/mol. The molecule has 0 saturated heterocycles. The number of carbonyl (C=O) groups excluding carboxylic acids is 1. The van der Waals surface area contributed by atoms with Gasteiger partial charge in [-0.3, -0.25) is 0 Å². The second kappa shape index (κ2) is 5.32. The Labute approximate surface area is 99.3 Å². The summed E-state index contributed by atoms with van der Waals surface area (Å²) in [5, 5.41) is -0.173. The molecule has 6 heteroatoms. The van der Waals surface area contributed by atoms with Gasteiger partial charge in [0.2, 0.25) is 0 Å². The highest BCUT2D eigenvalue weighted by Gasteiger charge is 2.12. The van der Waals surface area contributed by atoms with E-state index in [0.29, 0.717) is 0 Å². The van der Waals surface area contributed by atoms with Gasteiger partial charge in [-0.2, -0.15) is 0 Å². The quantitative estimate of drug-likeness (QED) is 0.636. The third-order valence-corrected chi connectivity index (χ3v) is 2.54. The summed E-state index contributed by atoms with van der Waals surface area (Å²) < 4.78 is 22.8. The molecule has 0 aliphatic heterocycles. The summed E-state index contributed by atoms with van der Waals surface area (Å²) in [5.74, 6) is -1.09. The molecule has 0 spiro atoms. The number of carbonyl (C=O) groups is 1. The Balaban J connectivity index is 2.78. The summed E-state index contributed by atoms with van der Waals surface area (Å²) >= 11 is 8.61. The van der Waals surface area contributed by atoms with Crippen LogP contribution in [-0.2, 0) is 9.53 Å². The maximum absolute atomic E-state index is 13.2. The van der Waals surface area contributed by atoms with Crippen LogP contribution in [0.15, 0.2) is 16.6 Å². The van der Waals surface area contributed by atoms with E-state index in [9.17, 15) is 9.18 Å². The van der Waals surface area contributed by atoms with Gasteiger partial charge in [0.15, 0.2) is 12.4 Å². The molecule has 0 aliphatic rings. The third kappa shape index (κ3) is 3.07. The molecule has 0 heterocycles. The van der Waals surface area contributed by atoms with E-state index in [2.05, 4.69) is 20.7 Å². The Morgan fingerprint density at radius 2 is 2.27 bits per heavy atom. The fraction of sp³-hybridized carbons (Fsp3) is 0.222. The molecule has 1 rings (SSSR count). The molecule has 0 amide bonds. The normalized spacial score (nSPS) is 9.87. The van der Waals surface area contributed by atoms with Crippen molar-refractivity contribution in [3.63, 3.8) is 0 Å². The molecule has 0 saturated carbocycles. The Morgan fingerprint density at radius 3 is 2.87 bits per heavy atom. The Hall–Kier alpha value is -0.810. The highest BCUT2D eigenvalue weighted by Crippen LogP contribution is 2.31. The third-order valence-electron chi connectivity index (χ3n) is 1.57. The lowest BCUT2D eigenvalue weighted by molar-refractivity contribution is -0.142. The first-order valence-electron chi connectivity index (χ1n) is 3.89. The second-order valence-electron chi connectivity index (χ2n) is 2.54. The molecule has 0 bridgehead atoms. The lowest BCUT2D eigenvalue weighted by atomic mass is 10.3. The van der Waals surface area contributed by atoms with Gasteiger partial charge in [-0.25, -0.2) is 9.18 Å². The Bertz CT molecular complexity index is 384. The predicted octanol–water partition coefficient (Wildman–Crippen LogP) is 2.79. The van der Waals surface area contributed by atoms with Gasteiger partial charge < -0.3 is 9.47 Å². The molecular formula is C9H7BrClFO3. The molecule has 0 aromatic heterocycles. The lowest BCUT2D eigenvalue weighted by Crippen LogP contribution is -2.12. The van der Waals surface area contributed by atoms with E-state index in [1.165, 1.54) is 19.2 Å². The molecule has 0 atom stereocenters. The zero-order valence-corrected chi connectivity index (χ0v) is 10.1. The van der Waals surface area contributed by atoms with Crippen molar-refractivity contribution >= 4 is 33.5 Å². The molecule has 0 N–H and O–H groups in total. The van der Waals surface area contributed by atoms with Crippen LogP contribution < -0.4 is 4.74 Å². The molecule has 15 heavy (non-hydrogen) atoms. The molecule has 0 aliphatic carbocycles. The number of hydrogen-bond donors (Lipinski definition) is 0. The maximum atomic E-state index is 13.2. The van der Waals surface area contributed by atoms with E-state index >= 15 is 0 Å². The van der Waals surface area contributed by atoms with Crippen molar-refractivity contribution in [1.82, 2.24) is 0 Å². The van der Waals surface area contributed by atoms with E-state index in [1.54, 1.807) is 0 Å². The van der Waals surface area contributed by atoms with Crippen molar-refractivity contribution in [2.45, 2.75) is 0 Å². The van der Waals surface area contributed by atoms with Crippen LogP contribution >= 0.6 is 27.5 Å². The second-order valence-corrected chi connectivity index (χ2v) is 3.77. The smallest absolute Gasteiger partial charge is 0.343 e. The maximum Gasteiger partial charge on any atom is 0.343 e. The van der Waals surface area contributed by atoms with Gasteiger partial charge in [0.05, 0.1) is 11.6 Å². The number of methoxy groups -OCH3 is 1. The van der Waals surface area contributed by atoms with Crippen LogP contribution in [-0.4, -0.2) is 19.7 Å². The fourth-order valence-electron chi connectivity index (χ4n) is 0.815. The molecule has 0 radical (unpaired) electrons. The zero-order valence-electron chi connectivity index (χ0n) is 7.72. The van der Waals surface area contributed by atoms with Gasteiger partial charge in [-0.1, -0.05) is 11.6 Å². The number of rotatable bonds is 3. The van der Waals surface area contributed by atoms with E-state index < -0.39 is 11.8 Å². The van der Waals surface area contributed by atoms with Gasteiger partial charge >= 0.3 is 5.97 Å². The average molecular weight is 298 g/mol. The van der Waals surface area contributed by atoms with Crippen LogP contribution in [0.5, 0.6) is 5.75 Å². The Kier molecular flexibility index (Phi) is 4.35. The van der Waals surface area contributed by atoms with Crippen molar-refractivity contribution in [1.29, 1.82) is 0 Å². The lowest BCUT2D eigenvalue weighted by Gasteiger charge is -2.07. The number of halogens is 3. The standard InChI is InChI=1S/C9H7BrClFO3/c1-14-7(13)4-15-6-3-2-5(10)9(12)8(6)11/h2-3H,4H2,1H3. The summed E-state index contributed by atoms with van der Waals surface area (Å²) in [7, 11) is 1.23. The SMILES string of the molecule is COC(=O)COc1ccc(Br)c(F)c1Cl. The minimum absolute atomic E-state index is 0.0998. The first-order valence-corrected chi connectivity index (χ1v) is 5.06. The summed E-state index contributed by atoms with van der Waals surface area (Å²) in [4.78, 5) is 10.8. The van der Waals surface area contributed by atoms with Gasteiger partial charge in [-0.05, 0) is 28.1 Å². The molecule has 3 nitrogen and oxygen atoms in total. The molecule has 0 fully saturated rings. The van der Waals surface area contributed by atoms with Gasteiger partial charge in [-0.15, -0.1) is 0 Å². The number of benzene rings is 1. The van der Waals surface area contributed by atoms with Gasteiger partial charge in [0.25, 0.3) is 0 Å². The molecule has 1 aromatic carbocycles. The minimum Gasteiger partial charge on any atom is -0.480 e. The topological polar surface area (TPSA) is 35.5 Å². The van der Waals surface area contributed by atoms with E-state index in [4.69, 9.17) is 16.3 Å². The Morgan fingerprint density at radius 1 is 1.60 bits per heavy atom. The molecule has 1 aromatic rings. The van der Waals surface area contributed by atoms with E-state index in [0.717, 1.165) is 0 Å². The highest BCUT2D eigenvalue weighted by atomic mass is 79.9. The van der Waals surface area contributed by atoms with Crippen LogP contribution in [0.2, 0.25) is 5.02 Å². The van der Waals surface area contributed by atoms with Gasteiger partial charge in [0, 0.05) is 0 Å². The molecule has 0 unspecified atom stereocenters. The summed E-state index contributed by atoms with van der Waals surface area (Å²) in [6.07, 6.45) is 0. The van der Waals surface area contributed by atoms with E-state index in [-0.39, 0.29) is 21.9 Å². The molecular weight excluding hydrogens is 290 g/mol. The van der Waals surface area contributed by atoms with Crippen molar-refractivity contribution < 1.29 is 18.7 Å². The average Bonchev–Trinajstić information content (AvgIpc) is 2.24. The number of esters is 1. The van der Waals surface area contributed by atoms with Gasteiger partial charge in [0.1, 0.15) is 10.8 Å². The first kappa shape index (κ1) is 12.3. The van der Waals surface area contributed by atoms with Crippen molar-refractivity contribution in [2.75, 3.05) is 13.7 Å².